The van der Waals surface area contributed by atoms with Crippen LogP contribution in [-0.2, 0) is 72.0 Å². The fourth-order valence-electron chi connectivity index (χ4n) is 12.4. The lowest BCUT2D eigenvalue weighted by Crippen LogP contribution is -2.61. The molecule has 2 aliphatic heterocycles. The van der Waals surface area contributed by atoms with Gasteiger partial charge in [-0.15, -0.1) is 0 Å². The number of aliphatic hydroxyl groups is 3. The molecule has 2 heterocycles. The summed E-state index contributed by atoms with van der Waals surface area (Å²) in [5, 5.41) is 83.7. The number of hydrogen-bond acceptors (Lipinski definition) is 20. The number of carbonyl (C=O) groups is 10. The number of rotatable bonds is 27. The lowest BCUT2D eigenvalue weighted by molar-refractivity contribution is -0.249. The fourth-order valence-corrected chi connectivity index (χ4v) is 12.4. The molecule has 27 nitrogen and oxygen atoms in total. The highest BCUT2D eigenvalue weighted by Crippen LogP contribution is 2.52. The number of nitrogens with one attached hydrogen (secondary N) is 6. The summed E-state index contributed by atoms with van der Waals surface area (Å²) in [6.45, 7) is 8.14. The van der Waals surface area contributed by atoms with Crippen molar-refractivity contribution in [3.05, 3.63) is 117 Å². The van der Waals surface area contributed by atoms with Gasteiger partial charge < -0.3 is 86.4 Å². The molecule has 0 aromatic heterocycles. The van der Waals surface area contributed by atoms with Gasteiger partial charge in [0.25, 0.3) is 0 Å². The molecule has 2 fully saturated rings. The molecule has 8 rings (SSSR count). The minimum atomic E-state index is -2.48. The summed E-state index contributed by atoms with van der Waals surface area (Å²) in [5.74, 6) is -9.98. The Hall–Kier alpha value is -8.86. The summed E-state index contributed by atoms with van der Waals surface area (Å²) in [6, 6.07) is 11.4. The Morgan fingerprint density at radius 3 is 2.04 bits per heavy atom. The van der Waals surface area contributed by atoms with Crippen molar-refractivity contribution in [1.82, 2.24) is 36.8 Å². The number of carbonyl (C=O) groups excluding carboxylic acids is 10. The van der Waals surface area contributed by atoms with E-state index in [1.165, 1.54) is 68.3 Å². The molecule has 27 heteroatoms. The first-order chi connectivity index (χ1) is 44.6. The van der Waals surface area contributed by atoms with Gasteiger partial charge in [0.2, 0.25) is 47.1 Å². The van der Waals surface area contributed by atoms with Gasteiger partial charge >= 0.3 is 0 Å². The monoisotopic (exact) mass is 1310 g/mol. The van der Waals surface area contributed by atoms with Gasteiger partial charge in [-0.05, 0) is 73.8 Å². The predicted octanol–water partition coefficient (Wildman–Crippen LogP) is 1.48. The van der Waals surface area contributed by atoms with Gasteiger partial charge in [-0.3, -0.25) is 47.9 Å². The maximum atomic E-state index is 14.8. The number of aromatic hydroxyl groups is 3. The van der Waals surface area contributed by atoms with Crippen molar-refractivity contribution in [1.29, 1.82) is 0 Å². The van der Waals surface area contributed by atoms with E-state index in [2.05, 4.69) is 31.9 Å². The zero-order valence-electron chi connectivity index (χ0n) is 53.4. The molecule has 4 aromatic rings. The molecule has 0 radical (unpaired) electrons. The van der Waals surface area contributed by atoms with E-state index >= 15 is 0 Å². The molecule has 2 saturated heterocycles. The average Bonchev–Trinajstić information content (AvgIpc) is 0.782. The summed E-state index contributed by atoms with van der Waals surface area (Å²) in [4.78, 5) is 140. The van der Waals surface area contributed by atoms with Gasteiger partial charge in [0.15, 0.2) is 17.9 Å². The van der Waals surface area contributed by atoms with Crippen molar-refractivity contribution in [3.63, 3.8) is 0 Å². The van der Waals surface area contributed by atoms with Gasteiger partial charge in [-0.1, -0.05) is 82.3 Å². The molecule has 0 spiro atoms. The first kappa shape index (κ1) is 71.0. The number of ether oxygens (including phenoxy) is 4. The average molecular weight is 1310 g/mol. The molecule has 0 bridgehead atoms. The smallest absolute Gasteiger partial charge is 0.245 e. The van der Waals surface area contributed by atoms with E-state index < -0.39 is 174 Å². The van der Waals surface area contributed by atoms with E-state index in [-0.39, 0.29) is 83.8 Å². The molecule has 2 aliphatic carbocycles. The number of hydrogen-bond donors (Lipinski definition) is 12. The Bertz CT molecular complexity index is 3510. The molecular weight excluding hydrogens is 1220 g/mol. The fraction of sp³-hybridized carbons (Fsp3) is 0.493. The highest BCUT2D eigenvalue weighted by molar-refractivity contribution is 6.31. The van der Waals surface area contributed by atoms with E-state index in [4.69, 9.17) is 18.9 Å². The summed E-state index contributed by atoms with van der Waals surface area (Å²) in [6.07, 6.45) is -6.54. The van der Waals surface area contributed by atoms with E-state index in [1.807, 2.05) is 13.8 Å². The quantitative estimate of drug-likeness (QED) is 0.0331. The number of amides is 7. The number of nitrogens with zero attached hydrogens (tertiary/aromatic N) is 1. The van der Waals surface area contributed by atoms with Crippen LogP contribution in [-0.4, -0.2) is 188 Å². The van der Waals surface area contributed by atoms with Crippen LogP contribution in [0, 0.1) is 11.8 Å². The van der Waals surface area contributed by atoms with Crippen LogP contribution in [0.1, 0.15) is 140 Å². The van der Waals surface area contributed by atoms with Crippen LogP contribution in [0.4, 0.5) is 0 Å². The van der Waals surface area contributed by atoms with E-state index in [9.17, 15) is 78.6 Å². The molecular formula is C67H83N7O20. The molecule has 94 heavy (non-hydrogen) atoms. The van der Waals surface area contributed by atoms with E-state index in [1.54, 1.807) is 44.2 Å². The number of methoxy groups -OCH3 is 1. The summed E-state index contributed by atoms with van der Waals surface area (Å²) >= 11 is 0. The highest BCUT2D eigenvalue weighted by Gasteiger charge is 2.51. The van der Waals surface area contributed by atoms with Crippen LogP contribution in [0.25, 0.3) is 0 Å². The third-order valence-electron chi connectivity index (χ3n) is 17.2. The lowest BCUT2D eigenvalue weighted by Gasteiger charge is -2.43. The van der Waals surface area contributed by atoms with E-state index in [0.717, 1.165) is 5.56 Å². The predicted molar refractivity (Wildman–Crippen MR) is 334 cm³/mol. The van der Waals surface area contributed by atoms with Crippen molar-refractivity contribution in [3.8, 4) is 23.0 Å². The number of phenolic OH excluding ortho intramolecular Hbond substituents is 3. The number of ketones is 3. The number of aliphatic hydroxyl groups excluding tert-OH is 2. The van der Waals surface area contributed by atoms with Crippen LogP contribution < -0.4 is 36.6 Å². The maximum absolute atomic E-state index is 14.8. The molecule has 4 aliphatic rings. The molecule has 506 valence electrons. The third-order valence-corrected chi connectivity index (χ3v) is 17.2. The molecule has 11 atom stereocenters. The van der Waals surface area contributed by atoms with E-state index in [0.29, 0.717) is 24.9 Å². The zero-order chi connectivity index (χ0) is 68.5. The minimum Gasteiger partial charge on any atom is -0.508 e. The van der Waals surface area contributed by atoms with Crippen molar-refractivity contribution in [2.75, 3.05) is 33.4 Å². The van der Waals surface area contributed by atoms with Crippen LogP contribution >= 0.6 is 0 Å². The van der Waals surface area contributed by atoms with Crippen molar-refractivity contribution in [2.45, 2.75) is 166 Å². The lowest BCUT2D eigenvalue weighted by atomic mass is 9.72. The maximum Gasteiger partial charge on any atom is 0.245 e. The Morgan fingerprint density at radius 1 is 0.745 bits per heavy atom. The Morgan fingerprint density at radius 2 is 1.39 bits per heavy atom. The van der Waals surface area contributed by atoms with Gasteiger partial charge in [0.05, 0.1) is 61.8 Å². The SMILES string of the molecule is COc1cccc2c1C(=O)c1c(O)c3c(c(O)c1C2=O)C[C@@](O)(C(=O)CO)C[C@@H]3O[C@H]1C[C@H](NC(=O)[C@H](CC(C)C)NC(=O)[C@H](Cc2ccc(O)cc2)NC(=O)[C@H](COCc2ccccc2)NC(=O)CNC(=O)[C@H](CC(C)C)NC(=O)[C@@H]2CCCN2C(C)=O)[C@H](O)[C@H](C)O1. The summed E-state index contributed by atoms with van der Waals surface area (Å²) in [7, 11) is 1.27. The molecule has 0 unspecified atom stereocenters. The number of phenols is 3. The second-order valence-corrected chi connectivity index (χ2v) is 25.1. The van der Waals surface area contributed by atoms with Crippen LogP contribution in [0.15, 0.2) is 72.8 Å². The number of fused-ring (bicyclic) bond motifs is 3. The molecule has 0 saturated carbocycles. The van der Waals surface area contributed by atoms with Crippen LogP contribution in [0.5, 0.6) is 23.0 Å². The number of Topliss-reactive ketones (excluding diaryl/α,β-unsaturated/α-hetero) is 1. The standard InChI is InChI=1S/C67H83N7O20/c1-33(2)23-43(73-66(89)47-16-12-22-74(47)36(6)76)62(85)68-29-51(79)69-46(32-92-31-38-13-9-8-10-14-38)65(88)72-45(25-37-18-20-39(77)21-19-37)64(87)71-44(24-34(3)4)63(86)70-42-26-52(93-35(5)57(42)80)94-49-28-67(90,50(78)30-75)27-41-54(49)61(84)56-55(59(41)82)58(81)40-15-11-17-48(91-7)53(40)60(56)83/h8-11,13-15,17-21,33-35,42-47,49,52,57,75,77,80,82,84,90H,12,16,22-32H2,1-7H3,(H,68,85)(H,69,79)(H,70,86)(H,71,87)(H,72,88)(H,73,89)/t35-,42-,43-,44-,45-,46-,47-,49-,52-,57+,67-/m0/s1. The molecule has 4 aromatic carbocycles. The van der Waals surface area contributed by atoms with Crippen molar-refractivity contribution < 1.29 is 97.5 Å². The first-order valence-electron chi connectivity index (χ1n) is 31.3. The largest absolute Gasteiger partial charge is 0.508 e. The Labute approximate surface area is 542 Å². The first-order valence-corrected chi connectivity index (χ1v) is 31.3. The normalized spacial score (nSPS) is 21.9. The van der Waals surface area contributed by atoms with Gasteiger partial charge in [-0.25, -0.2) is 0 Å². The highest BCUT2D eigenvalue weighted by atomic mass is 16.7. The second kappa shape index (κ2) is 30.9. The van der Waals surface area contributed by atoms with Crippen molar-refractivity contribution in [2.24, 2.45) is 11.8 Å². The summed E-state index contributed by atoms with van der Waals surface area (Å²) in [5.41, 5.74) is -3.52. The van der Waals surface area contributed by atoms with Gasteiger partial charge in [0, 0.05) is 55.8 Å². The Kier molecular flexibility index (Phi) is 23.4. The second-order valence-electron chi connectivity index (χ2n) is 25.1. The zero-order valence-corrected chi connectivity index (χ0v) is 53.4. The molecule has 7 amide bonds. The van der Waals surface area contributed by atoms with Gasteiger partial charge in [0.1, 0.15) is 71.5 Å². The third kappa shape index (κ3) is 16.5. The Balaban J connectivity index is 1.01. The van der Waals surface area contributed by atoms with Crippen LogP contribution in [0.3, 0.4) is 0 Å². The number of likely N-dealkylation sites (tertiary alicyclic amines) is 1. The number of benzene rings is 4. The topological polar surface area (TPSA) is 404 Å². The van der Waals surface area contributed by atoms with Crippen molar-refractivity contribution >= 4 is 58.7 Å². The summed E-state index contributed by atoms with van der Waals surface area (Å²) < 4.78 is 23.8. The minimum absolute atomic E-state index is 0.00288. The molecule has 12 N–H and O–H groups in total. The van der Waals surface area contributed by atoms with Crippen LogP contribution in [0.2, 0.25) is 0 Å². The van der Waals surface area contributed by atoms with Gasteiger partial charge in [-0.2, -0.15) is 0 Å².